The summed E-state index contributed by atoms with van der Waals surface area (Å²) in [5, 5.41) is 11.7. The molecule has 2 aromatic carbocycles. The molecule has 0 amide bonds. The van der Waals surface area contributed by atoms with E-state index in [1.54, 1.807) is 12.1 Å². The van der Waals surface area contributed by atoms with Crippen molar-refractivity contribution in [2.75, 3.05) is 18.0 Å². The minimum absolute atomic E-state index is 0.0717. The Morgan fingerprint density at radius 3 is 2.08 bits per heavy atom. The molecule has 1 aromatic heterocycles. The molecule has 0 spiro atoms. The van der Waals surface area contributed by atoms with Gasteiger partial charge in [0.05, 0.1) is 11.0 Å². The number of halogens is 1. The molecule has 1 N–H and O–H groups in total. The lowest BCUT2D eigenvalue weighted by atomic mass is 9.84. The number of nitrogens with zero attached hydrogens (tertiary/aromatic N) is 1. The maximum Gasteiger partial charge on any atom is 0.258 e. The maximum atomic E-state index is 13.6. The molecule has 1 aliphatic rings. The lowest BCUT2D eigenvalue weighted by molar-refractivity contribution is 0.0116. The van der Waals surface area contributed by atoms with E-state index in [0.717, 1.165) is 5.75 Å². The number of hydrogen-bond acceptors (Lipinski definition) is 5. The van der Waals surface area contributed by atoms with Crippen LogP contribution in [0.25, 0.3) is 11.0 Å². The van der Waals surface area contributed by atoms with Crippen molar-refractivity contribution in [3.05, 3.63) is 69.8 Å². The molecule has 5 nitrogen and oxygen atoms in total. The van der Waals surface area contributed by atoms with Crippen LogP contribution in [0.4, 0.5) is 10.1 Å². The monoisotopic (exact) mass is 525 g/mol. The van der Waals surface area contributed by atoms with Crippen LogP contribution in [0.3, 0.4) is 0 Å². The Hall–Kier alpha value is -2.64. The van der Waals surface area contributed by atoms with Gasteiger partial charge in [0.1, 0.15) is 28.6 Å². The van der Waals surface area contributed by atoms with E-state index < -0.39 is 13.9 Å². The molecule has 0 aliphatic carbocycles. The normalized spacial score (nSPS) is 16.3. The highest BCUT2D eigenvalue weighted by atomic mass is 28.4. The SMILES string of the molecule is Cc1oc2cc(O[Si](C(C)C)(C(C)C)C(C)C)ccc2c(=O)c1N1CCC(O)(c2ccc(F)cc2)CC1. The minimum Gasteiger partial charge on any atom is -0.543 e. The quantitative estimate of drug-likeness (QED) is 0.328. The molecule has 0 saturated carbocycles. The summed E-state index contributed by atoms with van der Waals surface area (Å²) < 4.78 is 26.4. The number of aliphatic hydroxyl groups is 1. The van der Waals surface area contributed by atoms with Crippen molar-refractivity contribution in [1.29, 1.82) is 0 Å². The molecule has 200 valence electrons. The van der Waals surface area contributed by atoms with E-state index in [9.17, 15) is 14.3 Å². The zero-order valence-electron chi connectivity index (χ0n) is 23.1. The summed E-state index contributed by atoms with van der Waals surface area (Å²) in [5.41, 5.74) is 1.97. The molecule has 0 atom stereocenters. The van der Waals surface area contributed by atoms with Crippen LogP contribution in [0, 0.1) is 12.7 Å². The summed E-state index contributed by atoms with van der Waals surface area (Å²) >= 11 is 0. The zero-order chi connectivity index (χ0) is 27.1. The summed E-state index contributed by atoms with van der Waals surface area (Å²) in [4.78, 5) is 15.6. The van der Waals surface area contributed by atoms with E-state index in [4.69, 9.17) is 8.84 Å². The zero-order valence-corrected chi connectivity index (χ0v) is 24.1. The number of rotatable bonds is 7. The van der Waals surface area contributed by atoms with Crippen molar-refractivity contribution < 1.29 is 18.3 Å². The molecule has 1 saturated heterocycles. The van der Waals surface area contributed by atoms with Gasteiger partial charge < -0.3 is 18.8 Å². The average Bonchev–Trinajstić information content (AvgIpc) is 2.83. The van der Waals surface area contributed by atoms with Crippen molar-refractivity contribution in [3.63, 3.8) is 0 Å². The molecule has 0 unspecified atom stereocenters. The average molecular weight is 526 g/mol. The van der Waals surface area contributed by atoms with Crippen molar-refractivity contribution in [2.24, 2.45) is 0 Å². The lowest BCUT2D eigenvalue weighted by Crippen LogP contribution is -2.50. The molecule has 1 aliphatic heterocycles. The fourth-order valence-corrected chi connectivity index (χ4v) is 11.7. The van der Waals surface area contributed by atoms with Crippen LogP contribution in [0.15, 0.2) is 51.7 Å². The van der Waals surface area contributed by atoms with Gasteiger partial charge in [-0.1, -0.05) is 53.7 Å². The standard InChI is InChI=1S/C30H40FNO4Si/c1-19(2)37(20(3)4,21(5)6)36-25-12-13-26-27(18-25)35-22(7)28(29(26)33)32-16-14-30(34,15-17-32)23-8-10-24(31)11-9-23/h8-13,18-21,34H,14-17H2,1-7H3. The van der Waals surface area contributed by atoms with Gasteiger partial charge in [-0.05, 0) is 66.2 Å². The predicted molar refractivity (Wildman–Crippen MR) is 151 cm³/mol. The van der Waals surface area contributed by atoms with Gasteiger partial charge in [-0.3, -0.25) is 4.79 Å². The first-order valence-electron chi connectivity index (χ1n) is 13.4. The van der Waals surface area contributed by atoms with E-state index >= 15 is 0 Å². The summed E-state index contributed by atoms with van der Waals surface area (Å²) in [5.74, 6) is 0.989. The van der Waals surface area contributed by atoms with E-state index in [0.29, 0.717) is 70.5 Å². The Balaban J connectivity index is 1.62. The highest BCUT2D eigenvalue weighted by Crippen LogP contribution is 2.43. The predicted octanol–water partition coefficient (Wildman–Crippen LogP) is 7.28. The summed E-state index contributed by atoms with van der Waals surface area (Å²) in [6.07, 6.45) is 0.878. The third-order valence-electron chi connectivity index (χ3n) is 8.30. The molecule has 0 radical (unpaired) electrons. The van der Waals surface area contributed by atoms with Crippen molar-refractivity contribution in [2.45, 2.75) is 83.5 Å². The summed E-state index contributed by atoms with van der Waals surface area (Å²) in [6.45, 7) is 16.3. The van der Waals surface area contributed by atoms with Crippen LogP contribution in [-0.2, 0) is 5.60 Å². The number of hydrogen-bond donors (Lipinski definition) is 1. The fourth-order valence-electron chi connectivity index (χ4n) is 6.41. The molecule has 0 bridgehead atoms. The van der Waals surface area contributed by atoms with Crippen molar-refractivity contribution in [1.82, 2.24) is 0 Å². The Morgan fingerprint density at radius 2 is 1.54 bits per heavy atom. The van der Waals surface area contributed by atoms with Gasteiger partial charge in [-0.25, -0.2) is 4.39 Å². The van der Waals surface area contributed by atoms with Crippen LogP contribution in [0.1, 0.15) is 65.7 Å². The smallest absolute Gasteiger partial charge is 0.258 e. The van der Waals surface area contributed by atoms with E-state index in [2.05, 4.69) is 41.5 Å². The summed E-state index contributed by atoms with van der Waals surface area (Å²) in [6, 6.07) is 11.6. The Bertz CT molecular complexity index is 1290. The third kappa shape index (κ3) is 4.96. The van der Waals surface area contributed by atoms with Crippen LogP contribution in [-0.4, -0.2) is 26.5 Å². The molecule has 2 heterocycles. The third-order valence-corrected chi connectivity index (χ3v) is 14.3. The van der Waals surface area contributed by atoms with Crippen LogP contribution in [0.5, 0.6) is 5.75 Å². The lowest BCUT2D eigenvalue weighted by Gasteiger charge is -2.42. The number of benzene rings is 2. The molecular weight excluding hydrogens is 485 g/mol. The second kappa shape index (κ2) is 10.3. The molecule has 1 fully saturated rings. The number of fused-ring (bicyclic) bond motifs is 1. The first-order valence-corrected chi connectivity index (χ1v) is 15.5. The Morgan fingerprint density at radius 1 is 0.973 bits per heavy atom. The second-order valence-electron chi connectivity index (χ2n) is 11.4. The number of aryl methyl sites for hydroxylation is 1. The Kier molecular flexibility index (Phi) is 7.59. The highest BCUT2D eigenvalue weighted by molar-refractivity contribution is 6.78. The topological polar surface area (TPSA) is 62.9 Å². The number of piperidine rings is 1. The highest BCUT2D eigenvalue weighted by Gasteiger charge is 2.47. The van der Waals surface area contributed by atoms with E-state index in [1.807, 2.05) is 30.0 Å². The minimum atomic E-state index is -2.14. The van der Waals surface area contributed by atoms with Crippen LogP contribution < -0.4 is 14.8 Å². The molecule has 4 rings (SSSR count). The molecular formula is C30H40FNO4Si. The van der Waals surface area contributed by atoms with Gasteiger partial charge in [0.15, 0.2) is 0 Å². The molecule has 3 aromatic rings. The first kappa shape index (κ1) is 27.4. The molecule has 7 heteroatoms. The first-order chi connectivity index (χ1) is 17.4. The van der Waals surface area contributed by atoms with Crippen LogP contribution >= 0.6 is 0 Å². The van der Waals surface area contributed by atoms with Gasteiger partial charge >= 0.3 is 0 Å². The number of anilines is 1. The van der Waals surface area contributed by atoms with Crippen molar-refractivity contribution in [3.8, 4) is 5.75 Å². The van der Waals surface area contributed by atoms with Crippen molar-refractivity contribution >= 4 is 25.0 Å². The second-order valence-corrected chi connectivity index (χ2v) is 16.8. The van der Waals surface area contributed by atoms with E-state index in [1.165, 1.54) is 12.1 Å². The van der Waals surface area contributed by atoms with Gasteiger partial charge in [0.25, 0.3) is 8.32 Å². The van der Waals surface area contributed by atoms with Gasteiger partial charge in [-0.2, -0.15) is 0 Å². The van der Waals surface area contributed by atoms with E-state index in [-0.39, 0.29) is 11.2 Å². The largest absolute Gasteiger partial charge is 0.543 e. The van der Waals surface area contributed by atoms with Gasteiger partial charge in [0, 0.05) is 19.2 Å². The van der Waals surface area contributed by atoms with Gasteiger partial charge in [-0.15, -0.1) is 0 Å². The molecule has 37 heavy (non-hydrogen) atoms. The van der Waals surface area contributed by atoms with Crippen LogP contribution in [0.2, 0.25) is 16.6 Å². The Labute approximate surface area is 220 Å². The summed E-state index contributed by atoms with van der Waals surface area (Å²) in [7, 11) is -2.14. The van der Waals surface area contributed by atoms with Gasteiger partial charge in [0.2, 0.25) is 5.43 Å². The maximum absolute atomic E-state index is 13.6. The fraction of sp³-hybridized carbons (Fsp3) is 0.500.